The van der Waals surface area contributed by atoms with Crippen LogP contribution in [0.2, 0.25) is 5.02 Å². The molecule has 106 valence electrons. The van der Waals surface area contributed by atoms with Crippen LogP contribution in [0.25, 0.3) is 0 Å². The van der Waals surface area contributed by atoms with Crippen LogP contribution in [0.1, 0.15) is 11.6 Å². The molecule has 0 aromatic carbocycles. The molecule has 3 heterocycles. The van der Waals surface area contributed by atoms with Crippen molar-refractivity contribution in [1.82, 2.24) is 14.8 Å². The molecule has 2 aromatic heterocycles. The normalized spacial score (nSPS) is 16.3. The van der Waals surface area contributed by atoms with Gasteiger partial charge >= 0.3 is 6.18 Å². The predicted octanol–water partition coefficient (Wildman–Crippen LogP) is 3.01. The number of anilines is 1. The Labute approximate surface area is 117 Å². The second-order valence-electron chi connectivity index (χ2n) is 4.57. The zero-order valence-corrected chi connectivity index (χ0v) is 10.9. The number of rotatable bonds is 2. The van der Waals surface area contributed by atoms with E-state index in [2.05, 4.69) is 10.1 Å². The molecule has 1 saturated heterocycles. The first-order valence-electron chi connectivity index (χ1n) is 5.92. The summed E-state index contributed by atoms with van der Waals surface area (Å²) in [5.74, 6) is 0.378. The molecule has 0 bridgehead atoms. The van der Waals surface area contributed by atoms with Gasteiger partial charge in [-0.15, -0.1) is 0 Å². The van der Waals surface area contributed by atoms with Crippen LogP contribution in [0.5, 0.6) is 0 Å². The maximum atomic E-state index is 12.5. The van der Waals surface area contributed by atoms with Crippen molar-refractivity contribution in [3.8, 4) is 0 Å². The Balaban J connectivity index is 1.74. The molecule has 20 heavy (non-hydrogen) atoms. The zero-order chi connectivity index (χ0) is 14.3. The molecule has 0 aliphatic carbocycles. The monoisotopic (exact) mass is 302 g/mol. The molecule has 0 radical (unpaired) electrons. The molecule has 1 aliphatic rings. The quantitative estimate of drug-likeness (QED) is 0.855. The van der Waals surface area contributed by atoms with Crippen molar-refractivity contribution >= 4 is 17.4 Å². The van der Waals surface area contributed by atoms with E-state index in [0.717, 1.165) is 12.3 Å². The lowest BCUT2D eigenvalue weighted by atomic mass is 10.1. The lowest BCUT2D eigenvalue weighted by molar-refractivity contribution is -0.137. The number of halogens is 4. The van der Waals surface area contributed by atoms with Crippen molar-refractivity contribution in [3.05, 3.63) is 41.3 Å². The van der Waals surface area contributed by atoms with Gasteiger partial charge < -0.3 is 4.90 Å². The fourth-order valence-electron chi connectivity index (χ4n) is 2.11. The van der Waals surface area contributed by atoms with Crippen LogP contribution < -0.4 is 4.90 Å². The first-order valence-corrected chi connectivity index (χ1v) is 6.30. The fourth-order valence-corrected chi connectivity index (χ4v) is 2.40. The summed E-state index contributed by atoms with van der Waals surface area (Å²) < 4.78 is 39.4. The lowest BCUT2D eigenvalue weighted by Crippen LogP contribution is -2.48. The van der Waals surface area contributed by atoms with Gasteiger partial charge in [-0.05, 0) is 12.1 Å². The zero-order valence-electron chi connectivity index (χ0n) is 10.2. The van der Waals surface area contributed by atoms with E-state index >= 15 is 0 Å². The van der Waals surface area contributed by atoms with Gasteiger partial charge in [-0.1, -0.05) is 11.6 Å². The van der Waals surface area contributed by atoms with Gasteiger partial charge in [0.2, 0.25) is 0 Å². The van der Waals surface area contributed by atoms with Crippen molar-refractivity contribution in [2.24, 2.45) is 0 Å². The van der Waals surface area contributed by atoms with Crippen LogP contribution in [0.15, 0.2) is 30.7 Å². The first kappa shape index (κ1) is 13.2. The second kappa shape index (κ2) is 4.66. The Bertz CT molecular complexity index is 606. The molecule has 0 saturated carbocycles. The Morgan fingerprint density at radius 3 is 2.60 bits per heavy atom. The van der Waals surface area contributed by atoms with E-state index in [1.165, 1.54) is 0 Å². The molecule has 4 nitrogen and oxygen atoms in total. The predicted molar refractivity (Wildman–Crippen MR) is 67.7 cm³/mol. The van der Waals surface area contributed by atoms with Gasteiger partial charge in [0.05, 0.1) is 16.6 Å². The summed E-state index contributed by atoms with van der Waals surface area (Å²) in [4.78, 5) is 5.65. The van der Waals surface area contributed by atoms with Gasteiger partial charge in [0.15, 0.2) is 0 Å². The highest BCUT2D eigenvalue weighted by molar-refractivity contribution is 6.33. The lowest BCUT2D eigenvalue weighted by Gasteiger charge is -2.40. The SMILES string of the molecule is FC(F)(F)c1cnc(N2CC(n3cccn3)C2)c(Cl)c1. The van der Waals surface area contributed by atoms with Gasteiger partial charge in [-0.25, -0.2) is 4.98 Å². The summed E-state index contributed by atoms with van der Waals surface area (Å²) in [7, 11) is 0. The molecule has 0 spiro atoms. The van der Waals surface area contributed by atoms with E-state index in [1.54, 1.807) is 6.20 Å². The maximum absolute atomic E-state index is 12.5. The molecular weight excluding hydrogens is 293 g/mol. The molecule has 2 aromatic rings. The van der Waals surface area contributed by atoms with Crippen molar-refractivity contribution in [1.29, 1.82) is 0 Å². The Kier molecular flexibility index (Phi) is 3.08. The van der Waals surface area contributed by atoms with Crippen molar-refractivity contribution in [2.45, 2.75) is 12.2 Å². The van der Waals surface area contributed by atoms with E-state index in [9.17, 15) is 13.2 Å². The number of alkyl halides is 3. The highest BCUT2D eigenvalue weighted by Gasteiger charge is 2.34. The van der Waals surface area contributed by atoms with Crippen LogP contribution in [0.4, 0.5) is 19.0 Å². The summed E-state index contributed by atoms with van der Waals surface area (Å²) in [5, 5.41) is 4.14. The molecule has 3 rings (SSSR count). The summed E-state index contributed by atoms with van der Waals surface area (Å²) in [6, 6.07) is 2.93. The molecule has 0 N–H and O–H groups in total. The minimum absolute atomic E-state index is 0.0127. The van der Waals surface area contributed by atoms with Gasteiger partial charge in [0, 0.05) is 31.7 Å². The summed E-state index contributed by atoms with van der Waals surface area (Å²) in [6.45, 7) is 1.25. The third-order valence-corrected chi connectivity index (χ3v) is 3.49. The van der Waals surface area contributed by atoms with E-state index in [-0.39, 0.29) is 11.1 Å². The standard InChI is InChI=1S/C12H10ClF3N4/c13-10-4-8(12(14,15)16)5-17-11(10)19-6-9(7-19)20-3-1-2-18-20/h1-5,9H,6-7H2. The fraction of sp³-hybridized carbons (Fsp3) is 0.333. The highest BCUT2D eigenvalue weighted by atomic mass is 35.5. The summed E-state index contributed by atoms with van der Waals surface area (Å²) in [5.41, 5.74) is -0.838. The van der Waals surface area contributed by atoms with E-state index in [0.29, 0.717) is 18.9 Å². The number of aromatic nitrogens is 3. The summed E-state index contributed by atoms with van der Waals surface area (Å²) >= 11 is 5.89. The van der Waals surface area contributed by atoms with Gasteiger partial charge in [0.25, 0.3) is 0 Å². The van der Waals surface area contributed by atoms with Gasteiger partial charge in [0.1, 0.15) is 5.82 Å². The van der Waals surface area contributed by atoms with Crippen LogP contribution >= 0.6 is 11.6 Å². The molecule has 0 atom stereocenters. The minimum atomic E-state index is -4.43. The maximum Gasteiger partial charge on any atom is 0.417 e. The third kappa shape index (κ3) is 2.33. The van der Waals surface area contributed by atoms with Crippen LogP contribution in [-0.2, 0) is 6.18 Å². The number of pyridine rings is 1. The molecular formula is C12H10ClF3N4. The smallest absolute Gasteiger partial charge is 0.351 e. The number of nitrogens with zero attached hydrogens (tertiary/aromatic N) is 4. The van der Waals surface area contributed by atoms with Crippen molar-refractivity contribution in [3.63, 3.8) is 0 Å². The average Bonchev–Trinajstić information content (AvgIpc) is 2.81. The molecule has 8 heteroatoms. The van der Waals surface area contributed by atoms with Crippen molar-refractivity contribution in [2.75, 3.05) is 18.0 Å². The number of hydrogen-bond acceptors (Lipinski definition) is 3. The minimum Gasteiger partial charge on any atom is -0.351 e. The van der Waals surface area contributed by atoms with Gasteiger partial charge in [-0.3, -0.25) is 4.68 Å². The topological polar surface area (TPSA) is 34.0 Å². The van der Waals surface area contributed by atoms with Crippen LogP contribution in [0, 0.1) is 0 Å². The first-order chi connectivity index (χ1) is 9.45. The van der Waals surface area contributed by atoms with Crippen LogP contribution in [0.3, 0.4) is 0 Å². The van der Waals surface area contributed by atoms with E-state index in [1.807, 2.05) is 21.8 Å². The molecule has 1 fully saturated rings. The largest absolute Gasteiger partial charge is 0.417 e. The second-order valence-corrected chi connectivity index (χ2v) is 4.98. The molecule has 0 unspecified atom stereocenters. The molecule has 1 aliphatic heterocycles. The Hall–Kier alpha value is -1.76. The third-order valence-electron chi connectivity index (χ3n) is 3.21. The Morgan fingerprint density at radius 1 is 1.30 bits per heavy atom. The Morgan fingerprint density at radius 2 is 2.05 bits per heavy atom. The van der Waals surface area contributed by atoms with E-state index in [4.69, 9.17) is 11.6 Å². The van der Waals surface area contributed by atoms with Crippen LogP contribution in [-0.4, -0.2) is 27.9 Å². The highest BCUT2D eigenvalue weighted by Crippen LogP contribution is 2.36. The van der Waals surface area contributed by atoms with E-state index < -0.39 is 11.7 Å². The summed E-state index contributed by atoms with van der Waals surface area (Å²) in [6.07, 6.45) is -0.0834. The molecule has 0 amide bonds. The average molecular weight is 303 g/mol. The van der Waals surface area contributed by atoms with Crippen molar-refractivity contribution < 1.29 is 13.2 Å². The van der Waals surface area contributed by atoms with Gasteiger partial charge in [-0.2, -0.15) is 18.3 Å². The number of hydrogen-bond donors (Lipinski definition) is 0.